The lowest BCUT2D eigenvalue weighted by Crippen LogP contribution is -2.21. The van der Waals surface area contributed by atoms with Crippen molar-refractivity contribution < 1.29 is 0 Å². The Morgan fingerprint density at radius 1 is 1.75 bits per heavy atom. The maximum absolute atomic E-state index is 11.4. The van der Waals surface area contributed by atoms with E-state index in [4.69, 9.17) is 6.42 Å². The summed E-state index contributed by atoms with van der Waals surface area (Å²) < 4.78 is 2.50. The second-order valence-electron chi connectivity index (χ2n) is 2.43. The first-order chi connectivity index (χ1) is 5.66. The predicted octanol–water partition coefficient (Wildman–Crippen LogP) is 1.39. The average molecular weight is 273 g/mol. The standard InChI is InChI=1S/C9H8INO/c1-3-5-11-6-4-8(10)7(2)9(11)12/h1,4,6H,5H2,2H3. The van der Waals surface area contributed by atoms with Crippen LogP contribution in [0.15, 0.2) is 17.1 Å². The first kappa shape index (κ1) is 9.33. The molecule has 0 aromatic carbocycles. The lowest BCUT2D eigenvalue weighted by atomic mass is 10.3. The highest BCUT2D eigenvalue weighted by molar-refractivity contribution is 14.1. The van der Waals surface area contributed by atoms with E-state index in [1.54, 1.807) is 13.1 Å². The fourth-order valence-electron chi connectivity index (χ4n) is 0.889. The summed E-state index contributed by atoms with van der Waals surface area (Å²) in [5, 5.41) is 0. The van der Waals surface area contributed by atoms with Crippen LogP contribution < -0.4 is 5.56 Å². The second kappa shape index (κ2) is 3.76. The summed E-state index contributed by atoms with van der Waals surface area (Å²) in [6.45, 7) is 2.15. The number of pyridine rings is 1. The first-order valence-corrected chi connectivity index (χ1v) is 4.53. The lowest BCUT2D eigenvalue weighted by molar-refractivity contribution is 0.785. The fourth-order valence-corrected chi connectivity index (χ4v) is 1.28. The van der Waals surface area contributed by atoms with Crippen LogP contribution in [0.1, 0.15) is 5.56 Å². The Morgan fingerprint density at radius 2 is 2.42 bits per heavy atom. The molecule has 0 unspecified atom stereocenters. The van der Waals surface area contributed by atoms with Gasteiger partial charge in [-0.2, -0.15) is 0 Å². The van der Waals surface area contributed by atoms with Crippen LogP contribution in [0.3, 0.4) is 0 Å². The molecule has 1 aromatic rings. The van der Waals surface area contributed by atoms with Crippen molar-refractivity contribution >= 4 is 22.6 Å². The zero-order chi connectivity index (χ0) is 9.14. The summed E-state index contributed by atoms with van der Waals surface area (Å²) in [5.74, 6) is 2.43. The van der Waals surface area contributed by atoms with E-state index in [9.17, 15) is 4.79 Å². The number of terminal acetylenes is 1. The molecule has 0 aliphatic rings. The van der Waals surface area contributed by atoms with Gasteiger partial charge in [-0.05, 0) is 35.6 Å². The van der Waals surface area contributed by atoms with Gasteiger partial charge in [0.25, 0.3) is 5.56 Å². The molecule has 0 radical (unpaired) electrons. The smallest absolute Gasteiger partial charge is 0.255 e. The van der Waals surface area contributed by atoms with Crippen molar-refractivity contribution in [2.75, 3.05) is 0 Å². The minimum absolute atomic E-state index is 0.000139. The number of hydrogen-bond acceptors (Lipinski definition) is 1. The van der Waals surface area contributed by atoms with Gasteiger partial charge in [-0.25, -0.2) is 0 Å². The molecule has 0 amide bonds. The molecule has 0 aliphatic heterocycles. The van der Waals surface area contributed by atoms with E-state index >= 15 is 0 Å². The van der Waals surface area contributed by atoms with Crippen molar-refractivity contribution in [2.24, 2.45) is 0 Å². The molecule has 62 valence electrons. The van der Waals surface area contributed by atoms with Gasteiger partial charge in [0, 0.05) is 15.3 Å². The Balaban J connectivity index is 3.29. The monoisotopic (exact) mass is 273 g/mol. The fraction of sp³-hybridized carbons (Fsp3) is 0.222. The van der Waals surface area contributed by atoms with Gasteiger partial charge in [-0.1, -0.05) is 5.92 Å². The van der Waals surface area contributed by atoms with Crippen molar-refractivity contribution in [2.45, 2.75) is 13.5 Å². The van der Waals surface area contributed by atoms with Crippen LogP contribution in [0.2, 0.25) is 0 Å². The van der Waals surface area contributed by atoms with E-state index in [0.29, 0.717) is 6.54 Å². The number of halogens is 1. The summed E-state index contributed by atoms with van der Waals surface area (Å²) in [6.07, 6.45) is 6.83. The van der Waals surface area contributed by atoms with Crippen LogP contribution in [0, 0.1) is 22.8 Å². The second-order valence-corrected chi connectivity index (χ2v) is 3.59. The van der Waals surface area contributed by atoms with E-state index < -0.39 is 0 Å². The van der Waals surface area contributed by atoms with E-state index in [-0.39, 0.29) is 5.56 Å². The van der Waals surface area contributed by atoms with Crippen molar-refractivity contribution in [1.82, 2.24) is 4.57 Å². The molecule has 3 heteroatoms. The van der Waals surface area contributed by atoms with E-state index in [1.165, 1.54) is 4.57 Å². The van der Waals surface area contributed by atoms with E-state index in [2.05, 4.69) is 28.5 Å². The Labute approximate surface area is 84.7 Å². The van der Waals surface area contributed by atoms with Crippen molar-refractivity contribution in [3.63, 3.8) is 0 Å². The van der Waals surface area contributed by atoms with Crippen molar-refractivity contribution in [1.29, 1.82) is 0 Å². The number of aromatic nitrogens is 1. The van der Waals surface area contributed by atoms with Gasteiger partial charge in [0.05, 0.1) is 6.54 Å². The average Bonchev–Trinajstić information content (AvgIpc) is 2.07. The topological polar surface area (TPSA) is 22.0 Å². The zero-order valence-electron chi connectivity index (χ0n) is 6.67. The minimum atomic E-state index is -0.000139. The van der Waals surface area contributed by atoms with E-state index in [0.717, 1.165) is 9.13 Å². The molecule has 0 saturated carbocycles. The van der Waals surface area contributed by atoms with Crippen LogP contribution in [0.5, 0.6) is 0 Å². The maximum Gasteiger partial charge on any atom is 0.255 e. The molecule has 2 nitrogen and oxygen atoms in total. The minimum Gasteiger partial charge on any atom is -0.304 e. The summed E-state index contributed by atoms with van der Waals surface area (Å²) in [5.41, 5.74) is 0.758. The number of hydrogen-bond donors (Lipinski definition) is 0. The molecule has 0 N–H and O–H groups in total. The van der Waals surface area contributed by atoms with Gasteiger partial charge >= 0.3 is 0 Å². The van der Waals surface area contributed by atoms with E-state index in [1.807, 2.05) is 6.07 Å². The highest BCUT2D eigenvalue weighted by Crippen LogP contribution is 2.04. The first-order valence-electron chi connectivity index (χ1n) is 3.46. The SMILES string of the molecule is C#CCn1ccc(I)c(C)c1=O. The van der Waals surface area contributed by atoms with Crippen molar-refractivity contribution in [3.05, 3.63) is 31.8 Å². The van der Waals surface area contributed by atoms with Crippen LogP contribution >= 0.6 is 22.6 Å². The largest absolute Gasteiger partial charge is 0.304 e. The maximum atomic E-state index is 11.4. The molecule has 0 atom stereocenters. The molecule has 1 heterocycles. The molecular formula is C9H8INO. The number of nitrogens with zero attached hydrogens (tertiary/aromatic N) is 1. The molecule has 12 heavy (non-hydrogen) atoms. The third-order valence-corrected chi connectivity index (χ3v) is 2.77. The normalized spacial score (nSPS) is 9.42. The third-order valence-electron chi connectivity index (χ3n) is 1.60. The predicted molar refractivity (Wildman–Crippen MR) is 57.0 cm³/mol. The summed E-state index contributed by atoms with van der Waals surface area (Å²) in [4.78, 5) is 11.4. The zero-order valence-corrected chi connectivity index (χ0v) is 8.83. The Morgan fingerprint density at radius 3 is 3.00 bits per heavy atom. The van der Waals surface area contributed by atoms with Crippen LogP contribution in [-0.4, -0.2) is 4.57 Å². The van der Waals surface area contributed by atoms with Crippen LogP contribution in [-0.2, 0) is 6.54 Å². The molecule has 0 bridgehead atoms. The summed E-state index contributed by atoms with van der Waals surface area (Å²) in [6, 6.07) is 1.88. The molecule has 1 aromatic heterocycles. The Bertz CT molecular complexity index is 386. The van der Waals surface area contributed by atoms with Gasteiger partial charge in [0.2, 0.25) is 0 Å². The third kappa shape index (κ3) is 1.69. The van der Waals surface area contributed by atoms with Gasteiger partial charge in [0.1, 0.15) is 0 Å². The van der Waals surface area contributed by atoms with Gasteiger partial charge in [0.15, 0.2) is 0 Å². The van der Waals surface area contributed by atoms with Gasteiger partial charge in [-0.3, -0.25) is 4.79 Å². The summed E-state index contributed by atoms with van der Waals surface area (Å²) in [7, 11) is 0. The summed E-state index contributed by atoms with van der Waals surface area (Å²) >= 11 is 2.13. The quantitative estimate of drug-likeness (QED) is 0.560. The molecule has 0 aliphatic carbocycles. The molecular weight excluding hydrogens is 265 g/mol. The molecule has 0 fully saturated rings. The van der Waals surface area contributed by atoms with Crippen molar-refractivity contribution in [3.8, 4) is 12.3 Å². The molecule has 0 spiro atoms. The highest BCUT2D eigenvalue weighted by Gasteiger charge is 2.01. The Kier molecular flexibility index (Phi) is 2.93. The van der Waals surface area contributed by atoms with Crippen LogP contribution in [0.25, 0.3) is 0 Å². The van der Waals surface area contributed by atoms with Gasteiger partial charge in [-0.15, -0.1) is 6.42 Å². The lowest BCUT2D eigenvalue weighted by Gasteiger charge is -2.02. The number of rotatable bonds is 1. The highest BCUT2D eigenvalue weighted by atomic mass is 127. The van der Waals surface area contributed by atoms with Crippen LogP contribution in [0.4, 0.5) is 0 Å². The van der Waals surface area contributed by atoms with Gasteiger partial charge < -0.3 is 4.57 Å². The molecule has 0 saturated heterocycles. The Hall–Kier alpha value is -0.760. The molecule has 1 rings (SSSR count).